The number of amides is 1. The highest BCUT2D eigenvalue weighted by Crippen LogP contribution is 2.16. The lowest BCUT2D eigenvalue weighted by atomic mass is 10.3. The molecule has 134 valence electrons. The minimum absolute atomic E-state index is 0.0477. The number of aromatic nitrogens is 4. The molecule has 26 heavy (non-hydrogen) atoms. The molecule has 0 radical (unpaired) electrons. The molecule has 4 rings (SSSR count). The summed E-state index contributed by atoms with van der Waals surface area (Å²) in [5.41, 5.74) is 0.891. The quantitative estimate of drug-likeness (QED) is 0.686. The molecule has 0 aliphatic carbocycles. The molecule has 0 saturated carbocycles. The standard InChI is InChI=1S/C17H16ClN5O3/c18-12-1-3-13(4-2-12)23-16-14(9-20-23)17(25)22(11-19-16)10-15(24)21-5-7-26-8-6-21/h1-4,9,11H,5-8,10H2. The maximum Gasteiger partial charge on any atom is 0.264 e. The summed E-state index contributed by atoms with van der Waals surface area (Å²) in [6.45, 7) is 2.07. The highest BCUT2D eigenvalue weighted by atomic mass is 35.5. The number of morpholine rings is 1. The molecular weight excluding hydrogens is 358 g/mol. The number of ether oxygens (including phenoxy) is 1. The zero-order valence-corrected chi connectivity index (χ0v) is 14.6. The molecule has 9 heteroatoms. The van der Waals surface area contributed by atoms with Gasteiger partial charge in [-0.05, 0) is 24.3 Å². The summed E-state index contributed by atoms with van der Waals surface area (Å²) in [6, 6.07) is 7.08. The van der Waals surface area contributed by atoms with Crippen molar-refractivity contribution >= 4 is 28.5 Å². The number of rotatable bonds is 3. The van der Waals surface area contributed by atoms with Crippen LogP contribution in [-0.4, -0.2) is 56.4 Å². The van der Waals surface area contributed by atoms with E-state index in [0.717, 1.165) is 5.69 Å². The highest BCUT2D eigenvalue weighted by Gasteiger charge is 2.19. The average Bonchev–Trinajstić information content (AvgIpc) is 3.10. The zero-order chi connectivity index (χ0) is 18.1. The van der Waals surface area contributed by atoms with Gasteiger partial charge in [-0.1, -0.05) is 11.6 Å². The van der Waals surface area contributed by atoms with Crippen LogP contribution >= 0.6 is 11.6 Å². The number of carbonyl (C=O) groups is 1. The third-order valence-corrected chi connectivity index (χ3v) is 4.55. The van der Waals surface area contributed by atoms with Crippen LogP contribution in [-0.2, 0) is 16.1 Å². The van der Waals surface area contributed by atoms with Crippen LogP contribution in [0.5, 0.6) is 0 Å². The van der Waals surface area contributed by atoms with Crippen molar-refractivity contribution in [1.82, 2.24) is 24.2 Å². The van der Waals surface area contributed by atoms with Gasteiger partial charge >= 0.3 is 0 Å². The van der Waals surface area contributed by atoms with E-state index in [2.05, 4.69) is 10.1 Å². The number of benzene rings is 1. The summed E-state index contributed by atoms with van der Waals surface area (Å²) in [6.07, 6.45) is 2.85. The normalized spacial score (nSPS) is 14.7. The summed E-state index contributed by atoms with van der Waals surface area (Å²) >= 11 is 5.91. The van der Waals surface area contributed by atoms with Gasteiger partial charge in [0, 0.05) is 18.1 Å². The first kappa shape index (κ1) is 16.7. The Bertz CT molecular complexity index is 1010. The lowest BCUT2D eigenvalue weighted by Crippen LogP contribution is -2.43. The molecule has 1 saturated heterocycles. The van der Waals surface area contributed by atoms with Crippen LogP contribution in [0.15, 0.2) is 41.6 Å². The van der Waals surface area contributed by atoms with E-state index in [4.69, 9.17) is 16.3 Å². The molecule has 1 amide bonds. The van der Waals surface area contributed by atoms with E-state index in [1.54, 1.807) is 33.8 Å². The van der Waals surface area contributed by atoms with Crippen LogP contribution in [0, 0.1) is 0 Å². The second-order valence-electron chi connectivity index (χ2n) is 5.94. The van der Waals surface area contributed by atoms with Crippen LogP contribution in [0.2, 0.25) is 5.02 Å². The van der Waals surface area contributed by atoms with Crippen molar-refractivity contribution in [2.75, 3.05) is 26.3 Å². The number of fused-ring (bicyclic) bond motifs is 1. The van der Waals surface area contributed by atoms with Crippen molar-refractivity contribution in [3.05, 3.63) is 52.2 Å². The predicted molar refractivity (Wildman–Crippen MR) is 95.5 cm³/mol. The number of halogens is 1. The topological polar surface area (TPSA) is 82.2 Å². The Morgan fingerprint density at radius 3 is 2.65 bits per heavy atom. The average molecular weight is 374 g/mol. The summed E-state index contributed by atoms with van der Waals surface area (Å²) < 4.78 is 8.12. The van der Waals surface area contributed by atoms with Gasteiger partial charge in [0.1, 0.15) is 18.3 Å². The van der Waals surface area contributed by atoms with E-state index in [1.807, 2.05) is 0 Å². The second-order valence-corrected chi connectivity index (χ2v) is 6.38. The molecule has 1 aliphatic heterocycles. The Morgan fingerprint density at radius 1 is 1.19 bits per heavy atom. The largest absolute Gasteiger partial charge is 0.378 e. The lowest BCUT2D eigenvalue weighted by molar-refractivity contribution is -0.135. The summed E-state index contributed by atoms with van der Waals surface area (Å²) in [5.74, 6) is -0.123. The fourth-order valence-electron chi connectivity index (χ4n) is 2.89. The first-order valence-electron chi connectivity index (χ1n) is 8.18. The van der Waals surface area contributed by atoms with E-state index in [-0.39, 0.29) is 18.0 Å². The maximum atomic E-state index is 12.7. The number of nitrogens with zero attached hydrogens (tertiary/aromatic N) is 5. The van der Waals surface area contributed by atoms with E-state index in [0.29, 0.717) is 42.4 Å². The summed E-state index contributed by atoms with van der Waals surface area (Å²) in [7, 11) is 0. The highest BCUT2D eigenvalue weighted by molar-refractivity contribution is 6.30. The van der Waals surface area contributed by atoms with E-state index in [1.165, 1.54) is 17.1 Å². The SMILES string of the molecule is O=C(Cn1cnc2c(cnn2-c2ccc(Cl)cc2)c1=O)N1CCOCC1. The molecule has 8 nitrogen and oxygen atoms in total. The molecule has 3 aromatic rings. The van der Waals surface area contributed by atoms with Crippen molar-refractivity contribution in [3.63, 3.8) is 0 Å². The fraction of sp³-hybridized carbons (Fsp3) is 0.294. The van der Waals surface area contributed by atoms with Crippen molar-refractivity contribution in [3.8, 4) is 5.69 Å². The van der Waals surface area contributed by atoms with E-state index in [9.17, 15) is 9.59 Å². The second kappa shape index (κ2) is 6.89. The fourth-order valence-corrected chi connectivity index (χ4v) is 3.02. The summed E-state index contributed by atoms with van der Waals surface area (Å²) in [5, 5.41) is 5.22. The molecule has 0 unspecified atom stereocenters. The smallest absolute Gasteiger partial charge is 0.264 e. The van der Waals surface area contributed by atoms with Crippen LogP contribution < -0.4 is 5.56 Å². The van der Waals surface area contributed by atoms with Crippen LogP contribution in [0.1, 0.15) is 0 Å². The van der Waals surface area contributed by atoms with Gasteiger partial charge in [0.2, 0.25) is 5.91 Å². The number of hydrogen-bond donors (Lipinski definition) is 0. The monoisotopic (exact) mass is 373 g/mol. The van der Waals surface area contributed by atoms with Gasteiger partial charge in [-0.15, -0.1) is 0 Å². The molecule has 1 aromatic carbocycles. The van der Waals surface area contributed by atoms with Crippen molar-refractivity contribution in [2.45, 2.75) is 6.54 Å². The van der Waals surface area contributed by atoms with Crippen molar-refractivity contribution in [1.29, 1.82) is 0 Å². The first-order chi connectivity index (χ1) is 12.6. The molecular formula is C17H16ClN5O3. The zero-order valence-electron chi connectivity index (χ0n) is 13.8. The summed E-state index contributed by atoms with van der Waals surface area (Å²) in [4.78, 5) is 31.1. The van der Waals surface area contributed by atoms with E-state index >= 15 is 0 Å². The third-order valence-electron chi connectivity index (χ3n) is 4.30. The lowest BCUT2D eigenvalue weighted by Gasteiger charge is -2.26. The maximum absolute atomic E-state index is 12.7. The number of hydrogen-bond acceptors (Lipinski definition) is 5. The minimum atomic E-state index is -0.295. The molecule has 1 aliphatic rings. The van der Waals surface area contributed by atoms with Crippen LogP contribution in [0.3, 0.4) is 0 Å². The molecule has 0 N–H and O–H groups in total. The van der Waals surface area contributed by atoms with Crippen molar-refractivity contribution in [2.24, 2.45) is 0 Å². The molecule has 1 fully saturated rings. The Hall–Kier alpha value is -2.71. The molecule has 0 spiro atoms. The molecule has 0 bridgehead atoms. The molecule has 3 heterocycles. The molecule has 0 atom stereocenters. The minimum Gasteiger partial charge on any atom is -0.378 e. The van der Waals surface area contributed by atoms with Crippen LogP contribution in [0.4, 0.5) is 0 Å². The van der Waals surface area contributed by atoms with Gasteiger partial charge < -0.3 is 9.64 Å². The van der Waals surface area contributed by atoms with Gasteiger partial charge in [-0.3, -0.25) is 14.2 Å². The Kier molecular flexibility index (Phi) is 4.44. The first-order valence-corrected chi connectivity index (χ1v) is 8.56. The van der Waals surface area contributed by atoms with Gasteiger partial charge in [-0.25, -0.2) is 9.67 Å². The predicted octanol–water partition coefficient (Wildman–Crippen LogP) is 1.09. The molecule has 2 aromatic heterocycles. The van der Waals surface area contributed by atoms with E-state index < -0.39 is 0 Å². The van der Waals surface area contributed by atoms with Gasteiger partial charge in [-0.2, -0.15) is 5.10 Å². The third kappa shape index (κ3) is 3.09. The van der Waals surface area contributed by atoms with Gasteiger partial charge in [0.25, 0.3) is 5.56 Å². The van der Waals surface area contributed by atoms with Crippen LogP contribution in [0.25, 0.3) is 16.7 Å². The number of carbonyl (C=O) groups excluding carboxylic acids is 1. The Labute approximate surface area is 153 Å². The Morgan fingerprint density at radius 2 is 1.92 bits per heavy atom. The van der Waals surface area contributed by atoms with Crippen molar-refractivity contribution < 1.29 is 9.53 Å². The Balaban J connectivity index is 1.64. The van der Waals surface area contributed by atoms with Gasteiger partial charge in [0.05, 0.1) is 25.1 Å². The van der Waals surface area contributed by atoms with Gasteiger partial charge in [0.15, 0.2) is 5.65 Å².